The van der Waals surface area contributed by atoms with Crippen LogP contribution < -0.4 is 5.32 Å². The first-order chi connectivity index (χ1) is 9.60. The van der Waals surface area contributed by atoms with Gasteiger partial charge in [-0.25, -0.2) is 0 Å². The van der Waals surface area contributed by atoms with Crippen LogP contribution in [0.15, 0.2) is 6.07 Å². The molecule has 1 aliphatic heterocycles. The fourth-order valence-corrected chi connectivity index (χ4v) is 4.00. The summed E-state index contributed by atoms with van der Waals surface area (Å²) in [6, 6.07) is 3.11. The van der Waals surface area contributed by atoms with Crippen LogP contribution in [0.5, 0.6) is 0 Å². The minimum atomic E-state index is 0.713. The Labute approximate surface area is 128 Å². The molecule has 0 spiro atoms. The smallest absolute Gasteiger partial charge is 0.0299 e. The summed E-state index contributed by atoms with van der Waals surface area (Å²) in [5.74, 6) is 0. The standard InChI is InChI=1S/C16H29N3S/c1-5-17-10-16-9-14(13(2)20-16)11-19(4)15-7-6-8-18(3)12-15/h9,15,17H,5-8,10-12H2,1-4H3. The Hall–Kier alpha value is -0.420. The van der Waals surface area contributed by atoms with E-state index in [1.165, 1.54) is 41.2 Å². The Bertz CT molecular complexity index is 416. The van der Waals surface area contributed by atoms with Crippen LogP contribution in [-0.2, 0) is 13.1 Å². The van der Waals surface area contributed by atoms with E-state index in [2.05, 4.69) is 49.1 Å². The summed E-state index contributed by atoms with van der Waals surface area (Å²) in [5.41, 5.74) is 1.51. The van der Waals surface area contributed by atoms with Crippen molar-refractivity contribution >= 4 is 11.3 Å². The second-order valence-electron chi connectivity index (χ2n) is 6.05. The Kier molecular flexibility index (Phi) is 6.02. The number of aryl methyl sites for hydroxylation is 1. The van der Waals surface area contributed by atoms with Crippen LogP contribution in [0.3, 0.4) is 0 Å². The molecule has 3 nitrogen and oxygen atoms in total. The summed E-state index contributed by atoms with van der Waals surface area (Å²) in [5, 5.41) is 3.42. The summed E-state index contributed by atoms with van der Waals surface area (Å²) < 4.78 is 0. The molecule has 1 N–H and O–H groups in total. The summed E-state index contributed by atoms with van der Waals surface area (Å²) in [7, 11) is 4.52. The molecule has 1 aliphatic rings. The average Bonchev–Trinajstić information content (AvgIpc) is 2.77. The summed E-state index contributed by atoms with van der Waals surface area (Å²) in [6.07, 6.45) is 2.67. The van der Waals surface area contributed by atoms with Gasteiger partial charge >= 0.3 is 0 Å². The molecule has 4 heteroatoms. The second-order valence-corrected chi connectivity index (χ2v) is 7.39. The molecule has 0 aliphatic carbocycles. The third kappa shape index (κ3) is 4.29. The Morgan fingerprint density at radius 3 is 3.00 bits per heavy atom. The minimum Gasteiger partial charge on any atom is -0.312 e. The number of hydrogen-bond donors (Lipinski definition) is 1. The van der Waals surface area contributed by atoms with E-state index in [9.17, 15) is 0 Å². The van der Waals surface area contributed by atoms with Crippen molar-refractivity contribution in [2.24, 2.45) is 0 Å². The van der Waals surface area contributed by atoms with Gasteiger partial charge in [-0.2, -0.15) is 0 Å². The Morgan fingerprint density at radius 2 is 2.30 bits per heavy atom. The predicted molar refractivity (Wildman–Crippen MR) is 88.4 cm³/mol. The third-order valence-corrected chi connectivity index (χ3v) is 5.36. The van der Waals surface area contributed by atoms with Crippen molar-refractivity contribution in [2.45, 2.75) is 45.8 Å². The lowest BCUT2D eigenvalue weighted by molar-refractivity contribution is 0.129. The topological polar surface area (TPSA) is 18.5 Å². The van der Waals surface area contributed by atoms with E-state index in [0.29, 0.717) is 6.04 Å². The minimum absolute atomic E-state index is 0.713. The number of likely N-dealkylation sites (N-methyl/N-ethyl adjacent to an activating group) is 2. The van der Waals surface area contributed by atoms with E-state index in [4.69, 9.17) is 0 Å². The molecule has 1 atom stereocenters. The molecular formula is C16H29N3S. The first-order valence-electron chi connectivity index (χ1n) is 7.77. The van der Waals surface area contributed by atoms with Crippen LogP contribution in [0.1, 0.15) is 35.1 Å². The van der Waals surface area contributed by atoms with Crippen LogP contribution in [0.25, 0.3) is 0 Å². The lowest BCUT2D eigenvalue weighted by Gasteiger charge is -2.35. The fraction of sp³-hybridized carbons (Fsp3) is 0.750. The monoisotopic (exact) mass is 295 g/mol. The molecule has 1 saturated heterocycles. The molecule has 1 aromatic rings. The van der Waals surface area contributed by atoms with Crippen molar-refractivity contribution in [1.29, 1.82) is 0 Å². The van der Waals surface area contributed by atoms with Crippen molar-refractivity contribution in [3.63, 3.8) is 0 Å². The Balaban J connectivity index is 1.93. The molecular weight excluding hydrogens is 266 g/mol. The molecule has 20 heavy (non-hydrogen) atoms. The van der Waals surface area contributed by atoms with Gasteiger partial charge in [-0.15, -0.1) is 11.3 Å². The summed E-state index contributed by atoms with van der Waals surface area (Å²) >= 11 is 1.94. The zero-order valence-electron chi connectivity index (χ0n) is 13.4. The number of piperidine rings is 1. The second kappa shape index (κ2) is 7.55. The van der Waals surface area contributed by atoms with Gasteiger partial charge in [-0.05, 0) is 58.6 Å². The number of nitrogens with one attached hydrogen (secondary N) is 1. The molecule has 2 rings (SSSR count). The van der Waals surface area contributed by atoms with E-state index >= 15 is 0 Å². The number of nitrogens with zero attached hydrogens (tertiary/aromatic N) is 2. The Morgan fingerprint density at radius 1 is 1.50 bits per heavy atom. The largest absolute Gasteiger partial charge is 0.312 e. The lowest BCUT2D eigenvalue weighted by atomic mass is 10.0. The first-order valence-corrected chi connectivity index (χ1v) is 8.59. The molecule has 0 bridgehead atoms. The van der Waals surface area contributed by atoms with Gasteiger partial charge in [0.05, 0.1) is 0 Å². The fourth-order valence-electron chi connectivity index (χ4n) is 2.98. The summed E-state index contributed by atoms with van der Waals surface area (Å²) in [6.45, 7) is 10.0. The van der Waals surface area contributed by atoms with E-state index < -0.39 is 0 Å². The predicted octanol–water partition coefficient (Wildman–Crippen LogP) is 2.69. The molecule has 2 heterocycles. The van der Waals surface area contributed by atoms with Gasteiger partial charge in [-0.1, -0.05) is 6.92 Å². The molecule has 1 fully saturated rings. The highest BCUT2D eigenvalue weighted by Gasteiger charge is 2.21. The maximum absolute atomic E-state index is 3.42. The molecule has 1 aromatic heterocycles. The van der Waals surface area contributed by atoms with Crippen LogP contribution in [0, 0.1) is 6.92 Å². The van der Waals surface area contributed by atoms with E-state index in [1.54, 1.807) is 0 Å². The molecule has 1 unspecified atom stereocenters. The van der Waals surface area contributed by atoms with Gasteiger partial charge in [0.25, 0.3) is 0 Å². The van der Waals surface area contributed by atoms with Crippen LogP contribution >= 0.6 is 11.3 Å². The zero-order valence-corrected chi connectivity index (χ0v) is 14.2. The SMILES string of the molecule is CCNCc1cc(CN(C)C2CCCN(C)C2)c(C)s1. The highest BCUT2D eigenvalue weighted by atomic mass is 32.1. The van der Waals surface area contributed by atoms with Crippen molar-refractivity contribution < 1.29 is 0 Å². The number of hydrogen-bond acceptors (Lipinski definition) is 4. The quantitative estimate of drug-likeness (QED) is 0.870. The van der Waals surface area contributed by atoms with Crippen LogP contribution in [0.4, 0.5) is 0 Å². The van der Waals surface area contributed by atoms with Gasteiger partial charge in [0, 0.05) is 35.4 Å². The number of thiophene rings is 1. The molecule has 0 radical (unpaired) electrons. The van der Waals surface area contributed by atoms with Crippen molar-refractivity contribution in [3.8, 4) is 0 Å². The first kappa shape index (κ1) is 16.0. The molecule has 0 amide bonds. The third-order valence-electron chi connectivity index (χ3n) is 4.26. The lowest BCUT2D eigenvalue weighted by Crippen LogP contribution is -2.44. The van der Waals surface area contributed by atoms with Crippen molar-refractivity contribution in [3.05, 3.63) is 21.4 Å². The average molecular weight is 295 g/mol. The van der Waals surface area contributed by atoms with Gasteiger partial charge in [0.15, 0.2) is 0 Å². The number of likely N-dealkylation sites (tertiary alicyclic amines) is 1. The van der Waals surface area contributed by atoms with Gasteiger partial charge in [0.2, 0.25) is 0 Å². The van der Waals surface area contributed by atoms with Gasteiger partial charge in [0.1, 0.15) is 0 Å². The summed E-state index contributed by atoms with van der Waals surface area (Å²) in [4.78, 5) is 7.95. The molecule has 0 saturated carbocycles. The molecule has 114 valence electrons. The van der Waals surface area contributed by atoms with Crippen molar-refractivity contribution in [2.75, 3.05) is 33.7 Å². The normalized spacial score (nSPS) is 20.8. The maximum Gasteiger partial charge on any atom is 0.0299 e. The van der Waals surface area contributed by atoms with E-state index in [-0.39, 0.29) is 0 Å². The maximum atomic E-state index is 3.42. The highest BCUT2D eigenvalue weighted by molar-refractivity contribution is 7.12. The van der Waals surface area contributed by atoms with Gasteiger partial charge in [-0.3, -0.25) is 4.90 Å². The highest BCUT2D eigenvalue weighted by Crippen LogP contribution is 2.24. The van der Waals surface area contributed by atoms with Crippen LogP contribution in [-0.4, -0.2) is 49.6 Å². The number of rotatable bonds is 6. The zero-order chi connectivity index (χ0) is 14.5. The van der Waals surface area contributed by atoms with E-state index in [1.807, 2.05) is 11.3 Å². The van der Waals surface area contributed by atoms with Crippen molar-refractivity contribution in [1.82, 2.24) is 15.1 Å². The van der Waals surface area contributed by atoms with E-state index in [0.717, 1.165) is 19.6 Å². The van der Waals surface area contributed by atoms with Crippen LogP contribution in [0.2, 0.25) is 0 Å². The van der Waals surface area contributed by atoms with Gasteiger partial charge < -0.3 is 10.2 Å². The molecule has 0 aromatic carbocycles.